The molecule has 2 aliphatic rings. The van der Waals surface area contributed by atoms with Crippen molar-refractivity contribution in [3.8, 4) is 0 Å². The van der Waals surface area contributed by atoms with Crippen LogP contribution in [-0.4, -0.2) is 11.7 Å². The third kappa shape index (κ3) is 2.46. The maximum atomic E-state index is 6.11. The van der Waals surface area contributed by atoms with Gasteiger partial charge < -0.3 is 4.74 Å². The SMILES string of the molecule is CC(C)(C)OC1CCCC1C1CC1. The number of ether oxygens (including phenoxy) is 1. The van der Waals surface area contributed by atoms with Crippen LogP contribution in [0.4, 0.5) is 0 Å². The molecule has 2 saturated carbocycles. The van der Waals surface area contributed by atoms with Crippen LogP contribution in [0.3, 0.4) is 0 Å². The van der Waals surface area contributed by atoms with E-state index in [1.54, 1.807) is 0 Å². The smallest absolute Gasteiger partial charge is 0.0613 e. The maximum absolute atomic E-state index is 6.11. The molecule has 2 unspecified atom stereocenters. The second kappa shape index (κ2) is 3.27. The Kier molecular flexibility index (Phi) is 2.39. The van der Waals surface area contributed by atoms with Crippen molar-refractivity contribution in [3.63, 3.8) is 0 Å². The van der Waals surface area contributed by atoms with E-state index in [9.17, 15) is 0 Å². The molecule has 2 aliphatic carbocycles. The fraction of sp³-hybridized carbons (Fsp3) is 1.00. The second-order valence-corrected chi connectivity index (χ2v) is 5.70. The molecular weight excluding hydrogens is 160 g/mol. The van der Waals surface area contributed by atoms with E-state index in [4.69, 9.17) is 4.74 Å². The fourth-order valence-corrected chi connectivity index (χ4v) is 2.62. The van der Waals surface area contributed by atoms with Crippen molar-refractivity contribution in [2.45, 2.75) is 64.6 Å². The molecule has 0 aliphatic heterocycles. The summed E-state index contributed by atoms with van der Waals surface area (Å²) in [6.07, 6.45) is 7.63. The molecule has 0 saturated heterocycles. The molecule has 0 aromatic rings. The van der Waals surface area contributed by atoms with E-state index < -0.39 is 0 Å². The highest BCUT2D eigenvalue weighted by atomic mass is 16.5. The third-order valence-corrected chi connectivity index (χ3v) is 3.24. The van der Waals surface area contributed by atoms with Crippen LogP contribution in [0, 0.1) is 11.8 Å². The van der Waals surface area contributed by atoms with E-state index in [1.807, 2.05) is 0 Å². The van der Waals surface area contributed by atoms with Gasteiger partial charge >= 0.3 is 0 Å². The van der Waals surface area contributed by atoms with Gasteiger partial charge in [0.05, 0.1) is 11.7 Å². The highest BCUT2D eigenvalue weighted by Gasteiger charge is 2.41. The molecule has 13 heavy (non-hydrogen) atoms. The van der Waals surface area contributed by atoms with Crippen molar-refractivity contribution in [3.05, 3.63) is 0 Å². The van der Waals surface area contributed by atoms with Gasteiger partial charge in [0.15, 0.2) is 0 Å². The van der Waals surface area contributed by atoms with Gasteiger partial charge in [-0.05, 0) is 58.3 Å². The largest absolute Gasteiger partial charge is 0.372 e. The van der Waals surface area contributed by atoms with Crippen LogP contribution >= 0.6 is 0 Å². The summed E-state index contributed by atoms with van der Waals surface area (Å²) in [6.45, 7) is 6.53. The van der Waals surface area contributed by atoms with Crippen molar-refractivity contribution < 1.29 is 4.74 Å². The quantitative estimate of drug-likeness (QED) is 0.636. The predicted octanol–water partition coefficient (Wildman–Crippen LogP) is 3.38. The van der Waals surface area contributed by atoms with Gasteiger partial charge in [-0.2, -0.15) is 0 Å². The Morgan fingerprint density at radius 2 is 1.69 bits per heavy atom. The molecule has 76 valence electrons. The lowest BCUT2D eigenvalue weighted by molar-refractivity contribution is -0.0783. The van der Waals surface area contributed by atoms with Crippen molar-refractivity contribution in [2.75, 3.05) is 0 Å². The Balaban J connectivity index is 1.89. The van der Waals surface area contributed by atoms with Crippen LogP contribution in [0.2, 0.25) is 0 Å². The van der Waals surface area contributed by atoms with Crippen LogP contribution in [0.25, 0.3) is 0 Å². The lowest BCUT2D eigenvalue weighted by Crippen LogP contribution is -2.30. The van der Waals surface area contributed by atoms with Crippen molar-refractivity contribution in [2.24, 2.45) is 11.8 Å². The van der Waals surface area contributed by atoms with Crippen molar-refractivity contribution >= 4 is 0 Å². The van der Waals surface area contributed by atoms with Gasteiger partial charge in [0.25, 0.3) is 0 Å². The molecule has 2 rings (SSSR count). The van der Waals surface area contributed by atoms with Gasteiger partial charge in [0, 0.05) is 0 Å². The van der Waals surface area contributed by atoms with Gasteiger partial charge in [-0.15, -0.1) is 0 Å². The third-order valence-electron chi connectivity index (χ3n) is 3.24. The first kappa shape index (κ1) is 9.51. The summed E-state index contributed by atoms with van der Waals surface area (Å²) in [5, 5.41) is 0. The van der Waals surface area contributed by atoms with Gasteiger partial charge in [-0.1, -0.05) is 6.42 Å². The molecule has 0 heterocycles. The first-order valence-electron chi connectivity index (χ1n) is 5.74. The zero-order chi connectivity index (χ0) is 9.47. The average Bonchev–Trinajstić information content (AvgIpc) is 2.72. The molecule has 0 N–H and O–H groups in total. The molecule has 2 fully saturated rings. The van der Waals surface area contributed by atoms with Crippen molar-refractivity contribution in [1.82, 2.24) is 0 Å². The summed E-state index contributed by atoms with van der Waals surface area (Å²) in [7, 11) is 0. The molecule has 0 radical (unpaired) electrons. The van der Waals surface area contributed by atoms with E-state index in [1.165, 1.54) is 32.1 Å². The lowest BCUT2D eigenvalue weighted by Gasteiger charge is -2.29. The Bertz CT molecular complexity index is 176. The number of hydrogen-bond donors (Lipinski definition) is 0. The highest BCUT2D eigenvalue weighted by molar-refractivity contribution is 4.91. The molecule has 1 nitrogen and oxygen atoms in total. The molecule has 0 spiro atoms. The lowest BCUT2D eigenvalue weighted by atomic mass is 9.99. The Labute approximate surface area is 81.9 Å². The standard InChI is InChI=1S/C12H22O/c1-12(2,3)13-11-6-4-5-10(11)9-7-8-9/h9-11H,4-8H2,1-3H3. The first-order chi connectivity index (χ1) is 6.06. The van der Waals surface area contributed by atoms with E-state index in [0.29, 0.717) is 6.10 Å². The van der Waals surface area contributed by atoms with Gasteiger partial charge in [0.2, 0.25) is 0 Å². The van der Waals surface area contributed by atoms with Crippen LogP contribution in [0.1, 0.15) is 52.9 Å². The first-order valence-corrected chi connectivity index (χ1v) is 5.74. The summed E-state index contributed by atoms with van der Waals surface area (Å²) in [4.78, 5) is 0. The second-order valence-electron chi connectivity index (χ2n) is 5.70. The van der Waals surface area contributed by atoms with Crippen LogP contribution in [0.5, 0.6) is 0 Å². The number of hydrogen-bond acceptors (Lipinski definition) is 1. The van der Waals surface area contributed by atoms with Gasteiger partial charge in [-0.25, -0.2) is 0 Å². The molecular formula is C12H22O. The van der Waals surface area contributed by atoms with Crippen LogP contribution in [-0.2, 0) is 4.74 Å². The highest BCUT2D eigenvalue weighted by Crippen LogP contribution is 2.46. The number of rotatable bonds is 2. The maximum Gasteiger partial charge on any atom is 0.0613 e. The molecule has 2 atom stereocenters. The molecule has 0 amide bonds. The predicted molar refractivity (Wildman–Crippen MR) is 54.7 cm³/mol. The minimum absolute atomic E-state index is 0.0577. The van der Waals surface area contributed by atoms with Gasteiger partial charge in [-0.3, -0.25) is 0 Å². The zero-order valence-electron chi connectivity index (χ0n) is 9.18. The Morgan fingerprint density at radius 1 is 1.00 bits per heavy atom. The van der Waals surface area contributed by atoms with Crippen LogP contribution < -0.4 is 0 Å². The summed E-state index contributed by atoms with van der Waals surface area (Å²) < 4.78 is 6.11. The van der Waals surface area contributed by atoms with E-state index >= 15 is 0 Å². The fourth-order valence-electron chi connectivity index (χ4n) is 2.62. The molecule has 0 aromatic carbocycles. The van der Waals surface area contributed by atoms with Crippen LogP contribution in [0.15, 0.2) is 0 Å². The van der Waals surface area contributed by atoms with E-state index in [0.717, 1.165) is 11.8 Å². The molecule has 0 aromatic heterocycles. The zero-order valence-corrected chi connectivity index (χ0v) is 9.18. The minimum atomic E-state index is 0.0577. The monoisotopic (exact) mass is 182 g/mol. The van der Waals surface area contributed by atoms with Crippen molar-refractivity contribution in [1.29, 1.82) is 0 Å². The minimum Gasteiger partial charge on any atom is -0.372 e. The Hall–Kier alpha value is -0.0400. The summed E-state index contributed by atoms with van der Waals surface area (Å²) in [5.74, 6) is 1.93. The normalized spacial score (nSPS) is 35.3. The summed E-state index contributed by atoms with van der Waals surface area (Å²) >= 11 is 0. The van der Waals surface area contributed by atoms with E-state index in [2.05, 4.69) is 20.8 Å². The molecule has 0 bridgehead atoms. The average molecular weight is 182 g/mol. The van der Waals surface area contributed by atoms with E-state index in [-0.39, 0.29) is 5.60 Å². The topological polar surface area (TPSA) is 9.23 Å². The Morgan fingerprint density at radius 3 is 2.23 bits per heavy atom. The van der Waals surface area contributed by atoms with Gasteiger partial charge in [0.1, 0.15) is 0 Å². The summed E-state index contributed by atoms with van der Waals surface area (Å²) in [6, 6.07) is 0. The molecule has 1 heteroatoms. The summed E-state index contributed by atoms with van der Waals surface area (Å²) in [5.41, 5.74) is 0.0577.